The normalized spacial score (nSPS) is 16.2. The van der Waals surface area contributed by atoms with Crippen LogP contribution in [0.4, 0.5) is 5.69 Å². The van der Waals surface area contributed by atoms with Crippen LogP contribution < -0.4 is 10.2 Å². The second-order valence-corrected chi connectivity index (χ2v) is 6.18. The molecule has 1 aliphatic carbocycles. The molecular weight excluding hydrogens is 304 g/mol. The Morgan fingerprint density at radius 2 is 1.54 bits per heavy atom. The second-order valence-electron chi connectivity index (χ2n) is 6.18. The zero-order valence-electron chi connectivity index (χ0n) is 13.0. The molecule has 2 aromatic rings. The van der Waals surface area contributed by atoms with Crippen LogP contribution in [0.25, 0.3) is 0 Å². The number of hydrogen-bond acceptors (Lipinski definition) is 3. The fourth-order valence-electron chi connectivity index (χ4n) is 2.88. The van der Waals surface area contributed by atoms with Crippen molar-refractivity contribution in [2.45, 2.75) is 25.3 Å². The first-order chi connectivity index (χ1) is 11.6. The van der Waals surface area contributed by atoms with E-state index in [0.717, 1.165) is 18.4 Å². The monoisotopic (exact) mass is 320 g/mol. The molecule has 0 aromatic heterocycles. The Hall–Kier alpha value is -2.95. The minimum atomic E-state index is -0.310. The number of carbonyl (C=O) groups excluding carboxylic acids is 3. The summed E-state index contributed by atoms with van der Waals surface area (Å²) in [6.45, 7) is 0. The van der Waals surface area contributed by atoms with Gasteiger partial charge < -0.3 is 5.32 Å². The highest BCUT2D eigenvalue weighted by atomic mass is 16.2. The average Bonchev–Trinajstić information content (AvgIpc) is 3.36. The number of hydrogen-bond donors (Lipinski definition) is 1. The molecule has 0 spiro atoms. The molecule has 0 bridgehead atoms. The maximum absolute atomic E-state index is 12.4. The molecule has 1 aliphatic heterocycles. The zero-order valence-corrected chi connectivity index (χ0v) is 13.0. The van der Waals surface area contributed by atoms with E-state index in [9.17, 15) is 14.4 Å². The summed E-state index contributed by atoms with van der Waals surface area (Å²) in [6.07, 6.45) is 2.42. The van der Waals surface area contributed by atoms with E-state index >= 15 is 0 Å². The van der Waals surface area contributed by atoms with Gasteiger partial charge in [-0.15, -0.1) is 0 Å². The van der Waals surface area contributed by atoms with Crippen molar-refractivity contribution in [2.24, 2.45) is 0 Å². The van der Waals surface area contributed by atoms with Gasteiger partial charge in [-0.1, -0.05) is 24.3 Å². The SMILES string of the molecule is O=C(Cc1ccc(N2C(=O)c3ccccc3C2=O)cc1)NC1CC1. The van der Waals surface area contributed by atoms with E-state index in [-0.39, 0.29) is 17.7 Å². The van der Waals surface area contributed by atoms with E-state index in [2.05, 4.69) is 5.32 Å². The fourth-order valence-corrected chi connectivity index (χ4v) is 2.88. The maximum Gasteiger partial charge on any atom is 0.266 e. The highest BCUT2D eigenvalue weighted by Gasteiger charge is 2.36. The summed E-state index contributed by atoms with van der Waals surface area (Å²) in [7, 11) is 0. The minimum Gasteiger partial charge on any atom is -0.353 e. The number of fused-ring (bicyclic) bond motifs is 1. The van der Waals surface area contributed by atoms with Crippen molar-refractivity contribution >= 4 is 23.4 Å². The standard InChI is InChI=1S/C19H16N2O3/c22-17(20-13-7-8-13)11-12-5-9-14(10-6-12)21-18(23)15-3-1-2-4-16(15)19(21)24/h1-6,9-10,13H,7-8,11H2,(H,20,22). The van der Waals surface area contributed by atoms with Crippen LogP contribution in [-0.4, -0.2) is 23.8 Å². The van der Waals surface area contributed by atoms with E-state index in [1.54, 1.807) is 48.5 Å². The van der Waals surface area contributed by atoms with Crippen LogP contribution >= 0.6 is 0 Å². The molecule has 2 aromatic carbocycles. The lowest BCUT2D eigenvalue weighted by Gasteiger charge is -2.14. The van der Waals surface area contributed by atoms with Gasteiger partial charge >= 0.3 is 0 Å². The largest absolute Gasteiger partial charge is 0.353 e. The molecule has 2 aliphatic rings. The molecule has 1 N–H and O–H groups in total. The topological polar surface area (TPSA) is 66.5 Å². The van der Waals surface area contributed by atoms with Gasteiger partial charge in [-0.05, 0) is 42.7 Å². The van der Waals surface area contributed by atoms with E-state index in [1.807, 2.05) is 0 Å². The Balaban J connectivity index is 1.52. The predicted molar refractivity (Wildman–Crippen MR) is 88.9 cm³/mol. The molecule has 3 amide bonds. The van der Waals surface area contributed by atoms with Crippen molar-refractivity contribution in [3.63, 3.8) is 0 Å². The molecule has 0 atom stereocenters. The summed E-state index contributed by atoms with van der Waals surface area (Å²) >= 11 is 0. The van der Waals surface area contributed by atoms with Crippen LogP contribution in [0, 0.1) is 0 Å². The smallest absolute Gasteiger partial charge is 0.266 e. The van der Waals surface area contributed by atoms with Crippen molar-refractivity contribution in [1.82, 2.24) is 5.32 Å². The number of nitrogens with one attached hydrogen (secondary N) is 1. The highest BCUT2D eigenvalue weighted by molar-refractivity contribution is 6.34. The van der Waals surface area contributed by atoms with E-state index in [4.69, 9.17) is 0 Å². The number of imide groups is 1. The van der Waals surface area contributed by atoms with Crippen LogP contribution in [0.2, 0.25) is 0 Å². The molecule has 5 nitrogen and oxygen atoms in total. The minimum absolute atomic E-state index is 0.00554. The second kappa shape index (κ2) is 5.60. The van der Waals surface area contributed by atoms with Gasteiger partial charge in [0.15, 0.2) is 0 Å². The Morgan fingerprint density at radius 3 is 2.08 bits per heavy atom. The van der Waals surface area contributed by atoms with Crippen molar-refractivity contribution < 1.29 is 14.4 Å². The Kier molecular flexibility index (Phi) is 3.41. The summed E-state index contributed by atoms with van der Waals surface area (Å²) in [4.78, 5) is 37.9. The van der Waals surface area contributed by atoms with Gasteiger partial charge in [-0.3, -0.25) is 14.4 Å². The average molecular weight is 320 g/mol. The van der Waals surface area contributed by atoms with Gasteiger partial charge in [-0.25, -0.2) is 4.90 Å². The number of anilines is 1. The van der Waals surface area contributed by atoms with Crippen molar-refractivity contribution in [3.8, 4) is 0 Å². The molecule has 120 valence electrons. The molecular formula is C19H16N2O3. The van der Waals surface area contributed by atoms with Crippen molar-refractivity contribution in [1.29, 1.82) is 0 Å². The molecule has 1 fully saturated rings. The van der Waals surface area contributed by atoms with Crippen LogP contribution in [0.1, 0.15) is 39.1 Å². The highest BCUT2D eigenvalue weighted by Crippen LogP contribution is 2.28. The third-order valence-electron chi connectivity index (χ3n) is 4.30. The molecule has 1 saturated carbocycles. The first-order valence-electron chi connectivity index (χ1n) is 7.99. The van der Waals surface area contributed by atoms with E-state index in [0.29, 0.717) is 29.3 Å². The molecule has 0 unspecified atom stereocenters. The summed E-state index contributed by atoms with van der Waals surface area (Å²) in [6, 6.07) is 14.1. The van der Waals surface area contributed by atoms with Crippen LogP contribution in [0.3, 0.4) is 0 Å². The van der Waals surface area contributed by atoms with Gasteiger partial charge in [-0.2, -0.15) is 0 Å². The fraction of sp³-hybridized carbons (Fsp3) is 0.211. The lowest BCUT2D eigenvalue weighted by atomic mass is 10.1. The lowest BCUT2D eigenvalue weighted by molar-refractivity contribution is -0.120. The quantitative estimate of drug-likeness (QED) is 0.879. The zero-order chi connectivity index (χ0) is 16.7. The number of nitrogens with zero attached hydrogens (tertiary/aromatic N) is 1. The van der Waals surface area contributed by atoms with E-state index in [1.165, 1.54) is 4.90 Å². The maximum atomic E-state index is 12.4. The predicted octanol–water partition coefficient (Wildman–Crippen LogP) is 2.31. The Labute approximate surface area is 139 Å². The number of benzene rings is 2. The van der Waals surface area contributed by atoms with Crippen LogP contribution in [0.15, 0.2) is 48.5 Å². The molecule has 0 saturated heterocycles. The molecule has 24 heavy (non-hydrogen) atoms. The van der Waals surface area contributed by atoms with Crippen molar-refractivity contribution in [2.75, 3.05) is 4.90 Å². The first kappa shape index (κ1) is 14.6. The van der Waals surface area contributed by atoms with Gasteiger partial charge in [0, 0.05) is 6.04 Å². The Morgan fingerprint density at radius 1 is 0.958 bits per heavy atom. The molecule has 0 radical (unpaired) electrons. The number of carbonyl (C=O) groups is 3. The lowest BCUT2D eigenvalue weighted by Crippen LogP contribution is -2.29. The van der Waals surface area contributed by atoms with Crippen LogP contribution in [-0.2, 0) is 11.2 Å². The molecule has 4 rings (SSSR count). The number of amides is 3. The third kappa shape index (κ3) is 2.58. The Bertz CT molecular complexity index is 803. The van der Waals surface area contributed by atoms with Crippen molar-refractivity contribution in [3.05, 3.63) is 65.2 Å². The first-order valence-corrected chi connectivity index (χ1v) is 7.99. The van der Waals surface area contributed by atoms with Gasteiger partial charge in [0.05, 0.1) is 23.2 Å². The molecule has 1 heterocycles. The summed E-state index contributed by atoms with van der Waals surface area (Å²) in [5.74, 6) is -0.615. The third-order valence-corrected chi connectivity index (χ3v) is 4.30. The summed E-state index contributed by atoms with van der Waals surface area (Å²) < 4.78 is 0. The van der Waals surface area contributed by atoms with Gasteiger partial charge in [0.1, 0.15) is 0 Å². The number of rotatable bonds is 4. The summed E-state index contributed by atoms with van der Waals surface area (Å²) in [5.41, 5.74) is 2.23. The van der Waals surface area contributed by atoms with Crippen LogP contribution in [0.5, 0.6) is 0 Å². The van der Waals surface area contributed by atoms with E-state index < -0.39 is 0 Å². The molecule has 5 heteroatoms. The van der Waals surface area contributed by atoms with Gasteiger partial charge in [0.2, 0.25) is 5.91 Å². The van der Waals surface area contributed by atoms with Gasteiger partial charge in [0.25, 0.3) is 11.8 Å². The summed E-state index contributed by atoms with van der Waals surface area (Å²) in [5, 5.41) is 2.94.